The molecule has 0 radical (unpaired) electrons. The molecule has 0 unspecified atom stereocenters. The molecule has 0 aliphatic rings. The molecule has 2 aromatic rings. The van der Waals surface area contributed by atoms with Crippen LogP contribution in [0, 0.1) is 0 Å². The highest BCUT2D eigenvalue weighted by molar-refractivity contribution is 5.52. The van der Waals surface area contributed by atoms with E-state index in [0.29, 0.717) is 6.54 Å². The average molecular weight is 217 g/mol. The zero-order chi connectivity index (χ0) is 11.4. The second-order valence-electron chi connectivity index (χ2n) is 3.72. The maximum absolute atomic E-state index is 4.25. The minimum Gasteiger partial charge on any atom is -0.378 e. The van der Waals surface area contributed by atoms with Gasteiger partial charge in [0.05, 0.1) is 18.6 Å². The highest BCUT2D eigenvalue weighted by Crippen LogP contribution is 2.14. The molecule has 0 bridgehead atoms. The minimum atomic E-state index is 0.698. The van der Waals surface area contributed by atoms with E-state index in [9.17, 15) is 0 Å². The van der Waals surface area contributed by atoms with Crippen molar-refractivity contribution in [3.05, 3.63) is 36.5 Å². The second kappa shape index (κ2) is 4.65. The summed E-state index contributed by atoms with van der Waals surface area (Å²) in [5.41, 5.74) is 2.17. The first-order valence-electron chi connectivity index (χ1n) is 5.10. The summed E-state index contributed by atoms with van der Waals surface area (Å²) in [6.45, 7) is 0.698. The van der Waals surface area contributed by atoms with Crippen molar-refractivity contribution < 1.29 is 0 Å². The lowest BCUT2D eigenvalue weighted by atomic mass is 10.3. The zero-order valence-corrected chi connectivity index (χ0v) is 9.44. The number of nitrogens with one attached hydrogen (secondary N) is 2. The van der Waals surface area contributed by atoms with Gasteiger partial charge in [-0.2, -0.15) is 0 Å². The van der Waals surface area contributed by atoms with Gasteiger partial charge in [-0.15, -0.1) is 0 Å². The van der Waals surface area contributed by atoms with E-state index in [1.165, 1.54) is 0 Å². The quantitative estimate of drug-likeness (QED) is 0.814. The Morgan fingerprint density at radius 3 is 3.00 bits per heavy atom. The van der Waals surface area contributed by atoms with Crippen molar-refractivity contribution in [2.75, 3.05) is 24.3 Å². The molecular formula is C11H15N5. The van der Waals surface area contributed by atoms with Gasteiger partial charge in [-0.1, -0.05) is 0 Å². The molecule has 2 N–H and O–H groups in total. The second-order valence-corrected chi connectivity index (χ2v) is 3.72. The van der Waals surface area contributed by atoms with Gasteiger partial charge in [0, 0.05) is 38.2 Å². The van der Waals surface area contributed by atoms with Gasteiger partial charge in [0.15, 0.2) is 0 Å². The van der Waals surface area contributed by atoms with Gasteiger partial charge in [0.25, 0.3) is 0 Å². The Hall–Kier alpha value is -2.04. The lowest BCUT2D eigenvalue weighted by Gasteiger charge is -2.13. The molecule has 0 aliphatic carbocycles. The van der Waals surface area contributed by atoms with Crippen LogP contribution in [0.3, 0.4) is 0 Å². The molecule has 2 aromatic heterocycles. The lowest BCUT2D eigenvalue weighted by Crippen LogP contribution is -2.09. The van der Waals surface area contributed by atoms with E-state index in [2.05, 4.69) is 20.3 Å². The van der Waals surface area contributed by atoms with Crippen LogP contribution in [-0.4, -0.2) is 29.0 Å². The van der Waals surface area contributed by atoms with Crippen LogP contribution in [0.1, 0.15) is 5.69 Å². The average Bonchev–Trinajstić information content (AvgIpc) is 2.79. The number of hydrogen-bond donors (Lipinski definition) is 2. The number of anilines is 2. The van der Waals surface area contributed by atoms with Gasteiger partial charge in [-0.25, -0.2) is 9.97 Å². The fraction of sp³-hybridized carbons (Fsp3) is 0.273. The lowest BCUT2D eigenvalue weighted by molar-refractivity contribution is 1.05. The first kappa shape index (κ1) is 10.5. The predicted octanol–water partition coefficient (Wildman–Crippen LogP) is 1.48. The molecule has 5 nitrogen and oxygen atoms in total. The molecule has 2 rings (SSSR count). The van der Waals surface area contributed by atoms with Crippen molar-refractivity contribution in [1.29, 1.82) is 0 Å². The Kier molecular flexibility index (Phi) is 3.05. The Labute approximate surface area is 94.5 Å². The summed E-state index contributed by atoms with van der Waals surface area (Å²) in [7, 11) is 4.02. The molecule has 16 heavy (non-hydrogen) atoms. The summed E-state index contributed by atoms with van der Waals surface area (Å²) in [5.74, 6) is 0.862. The van der Waals surface area contributed by atoms with Crippen molar-refractivity contribution in [2.45, 2.75) is 6.54 Å². The summed E-state index contributed by atoms with van der Waals surface area (Å²) < 4.78 is 0. The molecule has 0 spiro atoms. The minimum absolute atomic E-state index is 0.698. The normalized spacial score (nSPS) is 10.1. The van der Waals surface area contributed by atoms with E-state index in [1.54, 1.807) is 18.7 Å². The molecule has 84 valence electrons. The number of rotatable bonds is 4. The molecule has 0 saturated heterocycles. The fourth-order valence-corrected chi connectivity index (χ4v) is 1.36. The number of aromatic nitrogens is 3. The molecule has 5 heteroatoms. The predicted molar refractivity (Wildman–Crippen MR) is 64.5 cm³/mol. The molecule has 0 atom stereocenters. The molecule has 0 aliphatic heterocycles. The molecular weight excluding hydrogens is 202 g/mol. The monoisotopic (exact) mass is 217 g/mol. The maximum atomic E-state index is 4.25. The summed E-state index contributed by atoms with van der Waals surface area (Å²) in [6.07, 6.45) is 5.26. The standard InChI is InChI=1S/C11H15N5/c1-16(2)10-3-4-13-11(5-10)14-7-9-6-12-8-15-9/h3-6,8H,7H2,1-2H3,(H,12,15)(H,13,14). The summed E-state index contributed by atoms with van der Waals surface area (Å²) in [6, 6.07) is 3.98. The van der Waals surface area contributed by atoms with Gasteiger partial charge >= 0.3 is 0 Å². The highest BCUT2D eigenvalue weighted by atomic mass is 15.1. The Balaban J connectivity index is 2.01. The summed E-state index contributed by atoms with van der Waals surface area (Å²) in [4.78, 5) is 13.3. The third-order valence-corrected chi connectivity index (χ3v) is 2.27. The number of hydrogen-bond acceptors (Lipinski definition) is 4. The van der Waals surface area contributed by atoms with Crippen LogP contribution in [0.2, 0.25) is 0 Å². The van der Waals surface area contributed by atoms with Crippen LogP contribution in [0.4, 0.5) is 11.5 Å². The number of H-pyrrole nitrogens is 1. The Bertz CT molecular complexity index is 435. The number of nitrogens with zero attached hydrogens (tertiary/aromatic N) is 3. The molecule has 0 amide bonds. The third-order valence-electron chi connectivity index (χ3n) is 2.27. The van der Waals surface area contributed by atoms with Gasteiger partial charge in [-0.3, -0.25) is 0 Å². The Morgan fingerprint density at radius 2 is 2.31 bits per heavy atom. The SMILES string of the molecule is CN(C)c1ccnc(NCc2cnc[nH]2)c1. The van der Waals surface area contributed by atoms with Crippen LogP contribution in [-0.2, 0) is 6.54 Å². The van der Waals surface area contributed by atoms with Crippen molar-refractivity contribution in [3.63, 3.8) is 0 Å². The molecule has 2 heterocycles. The Morgan fingerprint density at radius 1 is 1.44 bits per heavy atom. The van der Waals surface area contributed by atoms with Crippen LogP contribution in [0.5, 0.6) is 0 Å². The van der Waals surface area contributed by atoms with E-state index < -0.39 is 0 Å². The van der Waals surface area contributed by atoms with Gasteiger partial charge < -0.3 is 15.2 Å². The van der Waals surface area contributed by atoms with E-state index in [1.807, 2.05) is 31.1 Å². The first-order valence-corrected chi connectivity index (χ1v) is 5.10. The van der Waals surface area contributed by atoms with Crippen molar-refractivity contribution in [1.82, 2.24) is 15.0 Å². The molecule has 0 fully saturated rings. The van der Waals surface area contributed by atoms with Crippen LogP contribution < -0.4 is 10.2 Å². The maximum Gasteiger partial charge on any atom is 0.128 e. The van der Waals surface area contributed by atoms with Crippen LogP contribution in [0.25, 0.3) is 0 Å². The zero-order valence-electron chi connectivity index (χ0n) is 9.44. The smallest absolute Gasteiger partial charge is 0.128 e. The number of aromatic amines is 1. The van der Waals surface area contributed by atoms with Crippen molar-refractivity contribution in [3.8, 4) is 0 Å². The first-order chi connectivity index (χ1) is 7.75. The summed E-state index contributed by atoms with van der Waals surface area (Å²) >= 11 is 0. The number of imidazole rings is 1. The van der Waals surface area contributed by atoms with E-state index in [0.717, 1.165) is 17.2 Å². The van der Waals surface area contributed by atoms with E-state index in [-0.39, 0.29) is 0 Å². The van der Waals surface area contributed by atoms with Crippen LogP contribution in [0.15, 0.2) is 30.9 Å². The van der Waals surface area contributed by atoms with Gasteiger partial charge in [0.2, 0.25) is 0 Å². The van der Waals surface area contributed by atoms with Crippen molar-refractivity contribution >= 4 is 11.5 Å². The largest absolute Gasteiger partial charge is 0.378 e. The van der Waals surface area contributed by atoms with Gasteiger partial charge in [-0.05, 0) is 6.07 Å². The fourth-order valence-electron chi connectivity index (χ4n) is 1.36. The van der Waals surface area contributed by atoms with E-state index in [4.69, 9.17) is 0 Å². The third kappa shape index (κ3) is 2.50. The van der Waals surface area contributed by atoms with Crippen molar-refractivity contribution in [2.24, 2.45) is 0 Å². The highest BCUT2D eigenvalue weighted by Gasteiger charge is 1.99. The topological polar surface area (TPSA) is 56.8 Å². The van der Waals surface area contributed by atoms with Crippen LogP contribution >= 0.6 is 0 Å². The summed E-state index contributed by atoms with van der Waals surface area (Å²) in [5, 5.41) is 3.23. The van der Waals surface area contributed by atoms with E-state index >= 15 is 0 Å². The van der Waals surface area contributed by atoms with Gasteiger partial charge in [0.1, 0.15) is 5.82 Å². The molecule has 0 aromatic carbocycles. The molecule has 0 saturated carbocycles. The number of pyridine rings is 1.